The van der Waals surface area contributed by atoms with Crippen molar-refractivity contribution in [1.29, 1.82) is 0 Å². The lowest BCUT2D eigenvalue weighted by atomic mass is 10.1. The molecule has 1 fully saturated rings. The average Bonchev–Trinajstić information content (AvgIpc) is 3.66. The molecule has 13 rings (SSSR count). The lowest BCUT2D eigenvalue weighted by Crippen LogP contribution is -2.88. The first-order chi connectivity index (χ1) is 40.1. The Morgan fingerprint density at radius 1 is 0.198 bits per heavy atom. The molecule has 12 aromatic rings. The second kappa shape index (κ2) is 22.6. The van der Waals surface area contributed by atoms with E-state index in [9.17, 15) is 0 Å². The molecular formula is C72H58O4Si5. The van der Waals surface area contributed by atoms with Gasteiger partial charge < -0.3 is 16.5 Å². The molecular weight excluding hydrogens is 1070 g/mol. The van der Waals surface area contributed by atoms with Gasteiger partial charge in [0.1, 0.15) is 0 Å². The van der Waals surface area contributed by atoms with Gasteiger partial charge in [-0.25, -0.2) is 0 Å². The zero-order chi connectivity index (χ0) is 54.4. The highest BCUT2D eigenvalue weighted by atomic mass is 28.5. The van der Waals surface area contributed by atoms with Crippen LogP contribution in [0.4, 0.5) is 0 Å². The van der Waals surface area contributed by atoms with Gasteiger partial charge in [-0.3, -0.25) is 0 Å². The van der Waals surface area contributed by atoms with Crippen molar-refractivity contribution in [3.63, 3.8) is 0 Å². The standard InChI is InChI=1S/C72H58O4Si5/c1-11-33-61(34-12-1)77(62-35-13-2-14-36-62,63-37-15-3-16-38-63)73-78(64-39-17-4-18-40-64,65-41-19-5-20-42-65)66-56-54-59(55-57-66)60-32-31-53-72(58-60)81(71-51-29-10-30-52-71)75-79(67-43-21-6-22-44-67,68-45-23-7-24-46-68)74-80(76-81,69-47-25-8-26-48-69)70-49-27-9-28-50-70/h1-58H. The zero-order valence-electron chi connectivity index (χ0n) is 44.6. The van der Waals surface area contributed by atoms with Crippen LogP contribution in [0.2, 0.25) is 0 Å². The van der Waals surface area contributed by atoms with Crippen molar-refractivity contribution in [1.82, 2.24) is 0 Å². The van der Waals surface area contributed by atoms with E-state index in [0.29, 0.717) is 0 Å². The molecule has 1 saturated heterocycles. The van der Waals surface area contributed by atoms with E-state index in [4.69, 9.17) is 16.5 Å². The van der Waals surface area contributed by atoms with E-state index in [0.717, 1.165) is 47.4 Å². The molecule has 12 aromatic carbocycles. The Balaban J connectivity index is 1.03. The molecule has 81 heavy (non-hydrogen) atoms. The van der Waals surface area contributed by atoms with Gasteiger partial charge in [-0.15, -0.1) is 0 Å². The number of hydrogen-bond acceptors (Lipinski definition) is 4. The molecule has 1 aliphatic heterocycles. The van der Waals surface area contributed by atoms with E-state index in [1.807, 2.05) is 0 Å². The minimum absolute atomic E-state index is 0.996. The summed E-state index contributed by atoms with van der Waals surface area (Å²) in [5.74, 6) is 0. The zero-order valence-corrected chi connectivity index (χ0v) is 49.6. The highest BCUT2D eigenvalue weighted by Crippen LogP contribution is 2.33. The fourth-order valence-electron chi connectivity index (χ4n) is 11.9. The lowest BCUT2D eigenvalue weighted by Gasteiger charge is -2.53. The Morgan fingerprint density at radius 3 is 0.691 bits per heavy atom. The monoisotopic (exact) mass is 1130 g/mol. The van der Waals surface area contributed by atoms with Crippen molar-refractivity contribution in [3.05, 3.63) is 352 Å². The molecule has 0 amide bonds. The maximum atomic E-state index is 8.68. The molecule has 390 valence electrons. The molecule has 0 unspecified atom stereocenters. The molecule has 4 nitrogen and oxygen atoms in total. The molecule has 0 saturated carbocycles. The van der Waals surface area contributed by atoms with Crippen LogP contribution < -0.4 is 62.2 Å². The van der Waals surface area contributed by atoms with Crippen LogP contribution in [-0.4, -0.2) is 42.3 Å². The summed E-state index contributed by atoms with van der Waals surface area (Å²) in [5.41, 5.74) is 2.11. The van der Waals surface area contributed by atoms with Crippen molar-refractivity contribution < 1.29 is 16.5 Å². The van der Waals surface area contributed by atoms with Gasteiger partial charge in [-0.2, -0.15) is 0 Å². The van der Waals surface area contributed by atoms with Gasteiger partial charge in [-0.05, 0) is 73.4 Å². The maximum absolute atomic E-state index is 8.68. The summed E-state index contributed by atoms with van der Waals surface area (Å²) >= 11 is 0. The minimum Gasteiger partial charge on any atom is -0.435 e. The van der Waals surface area contributed by atoms with Gasteiger partial charge in [-0.1, -0.05) is 352 Å². The number of benzene rings is 12. The van der Waals surface area contributed by atoms with E-state index in [1.54, 1.807) is 0 Å². The third kappa shape index (κ3) is 9.44. The van der Waals surface area contributed by atoms with E-state index in [2.05, 4.69) is 352 Å². The maximum Gasteiger partial charge on any atom is 0.390 e. The van der Waals surface area contributed by atoms with Crippen LogP contribution >= 0.6 is 0 Å². The Kier molecular flexibility index (Phi) is 14.5. The van der Waals surface area contributed by atoms with Crippen LogP contribution in [-0.2, 0) is 16.5 Å². The molecule has 0 bridgehead atoms. The molecule has 0 aliphatic carbocycles. The molecule has 0 spiro atoms. The van der Waals surface area contributed by atoms with Crippen LogP contribution in [0.1, 0.15) is 0 Å². The van der Waals surface area contributed by atoms with Crippen molar-refractivity contribution in [2.45, 2.75) is 0 Å². The van der Waals surface area contributed by atoms with Crippen molar-refractivity contribution in [3.8, 4) is 11.1 Å². The molecule has 0 atom stereocenters. The van der Waals surface area contributed by atoms with Gasteiger partial charge in [0.15, 0.2) is 0 Å². The first kappa shape index (κ1) is 52.0. The highest BCUT2D eigenvalue weighted by molar-refractivity contribution is 7.18. The van der Waals surface area contributed by atoms with E-state index in [-0.39, 0.29) is 0 Å². The second-order valence-corrected chi connectivity index (χ2v) is 37.1. The predicted molar refractivity (Wildman–Crippen MR) is 345 cm³/mol. The summed E-state index contributed by atoms with van der Waals surface area (Å²) in [6, 6.07) is 126. The van der Waals surface area contributed by atoms with Gasteiger partial charge in [0, 0.05) is 0 Å². The summed E-state index contributed by atoms with van der Waals surface area (Å²) < 4.78 is 33.3. The van der Waals surface area contributed by atoms with E-state index >= 15 is 0 Å². The van der Waals surface area contributed by atoms with E-state index < -0.39 is 42.3 Å². The summed E-state index contributed by atoms with van der Waals surface area (Å²) in [6.45, 7) is 0. The van der Waals surface area contributed by atoms with Crippen molar-refractivity contribution >= 4 is 105 Å². The quantitative estimate of drug-likeness (QED) is 0.0769. The first-order valence-corrected chi connectivity index (χ1v) is 36.9. The Hall–Kier alpha value is -8.44. The molecule has 0 N–H and O–H groups in total. The third-order valence-corrected chi connectivity index (χ3v) is 38.5. The topological polar surface area (TPSA) is 36.9 Å². The van der Waals surface area contributed by atoms with E-state index in [1.165, 1.54) is 25.9 Å². The van der Waals surface area contributed by atoms with Crippen molar-refractivity contribution in [2.75, 3.05) is 0 Å². The summed E-state index contributed by atoms with van der Waals surface area (Å²) in [4.78, 5) is 0. The summed E-state index contributed by atoms with van der Waals surface area (Å²) in [7, 11) is -18.1. The van der Waals surface area contributed by atoms with Crippen LogP contribution in [0.5, 0.6) is 0 Å². The average molecular weight is 1130 g/mol. The van der Waals surface area contributed by atoms with Crippen LogP contribution in [0.15, 0.2) is 352 Å². The third-order valence-electron chi connectivity index (χ3n) is 15.7. The number of hydrogen-bond donors (Lipinski definition) is 0. The van der Waals surface area contributed by atoms with Crippen LogP contribution in [0, 0.1) is 0 Å². The minimum atomic E-state index is -3.86. The summed E-state index contributed by atoms with van der Waals surface area (Å²) in [6.07, 6.45) is 0. The number of rotatable bonds is 15. The Labute approximate surface area is 480 Å². The Morgan fingerprint density at radius 2 is 0.420 bits per heavy atom. The fraction of sp³-hybridized carbons (Fsp3) is 0. The van der Waals surface area contributed by atoms with Crippen LogP contribution in [0.3, 0.4) is 0 Å². The van der Waals surface area contributed by atoms with Gasteiger partial charge in [0.2, 0.25) is 0 Å². The van der Waals surface area contributed by atoms with Gasteiger partial charge >= 0.3 is 25.7 Å². The molecule has 9 heteroatoms. The normalized spacial score (nSPS) is 14.6. The predicted octanol–water partition coefficient (Wildman–Crippen LogP) is 8.14. The molecule has 1 aliphatic rings. The van der Waals surface area contributed by atoms with Gasteiger partial charge in [0.25, 0.3) is 16.6 Å². The lowest BCUT2D eigenvalue weighted by molar-refractivity contribution is 0.268. The van der Waals surface area contributed by atoms with Gasteiger partial charge in [0.05, 0.1) is 0 Å². The largest absolute Gasteiger partial charge is 0.435 e. The SMILES string of the molecule is c1ccc([Si]2(c3ccccc3)O[Si](c3ccccc3)(c3ccccc3)O[Si](c3ccccc3)(c3cccc(-c4ccc([Si](O[Si](c5ccccc5)(c5ccccc5)c5ccccc5)(c5ccccc5)c5ccccc5)cc4)c3)O2)cc1. The smallest absolute Gasteiger partial charge is 0.390 e. The molecule has 0 aromatic heterocycles. The molecule has 1 heterocycles. The Bertz CT molecular complexity index is 3660. The molecule has 0 radical (unpaired) electrons. The summed E-state index contributed by atoms with van der Waals surface area (Å²) in [5, 5.41) is 13.1. The highest BCUT2D eigenvalue weighted by Gasteiger charge is 2.67. The van der Waals surface area contributed by atoms with Crippen LogP contribution in [0.25, 0.3) is 11.1 Å². The fourth-order valence-corrected chi connectivity index (χ4v) is 39.5. The first-order valence-electron chi connectivity index (χ1n) is 27.6. The second-order valence-electron chi connectivity index (χ2n) is 20.4. The van der Waals surface area contributed by atoms with Crippen molar-refractivity contribution in [2.24, 2.45) is 0 Å².